The van der Waals surface area contributed by atoms with Gasteiger partial charge in [0, 0.05) is 40.9 Å². The molecule has 0 saturated carbocycles. The number of nitrogens with zero attached hydrogens (tertiary/aromatic N) is 1. The summed E-state index contributed by atoms with van der Waals surface area (Å²) in [6, 6.07) is 2.68. The molecule has 1 amide bonds. The zero-order chi connectivity index (χ0) is 24.0. The molecule has 2 aliphatic heterocycles. The van der Waals surface area contributed by atoms with Crippen LogP contribution < -0.4 is 10.9 Å². The fraction of sp³-hybridized carbons (Fsp3) is 0.571. The Labute approximate surface area is 200 Å². The second-order valence-electron chi connectivity index (χ2n) is 10.3. The summed E-state index contributed by atoms with van der Waals surface area (Å²) in [5.41, 5.74) is 4.43. The molecule has 0 radical (unpaired) electrons. The van der Waals surface area contributed by atoms with Crippen molar-refractivity contribution < 1.29 is 13.6 Å². The van der Waals surface area contributed by atoms with Crippen molar-refractivity contribution in [1.82, 2.24) is 10.2 Å². The fourth-order valence-corrected chi connectivity index (χ4v) is 6.17. The van der Waals surface area contributed by atoms with Crippen LogP contribution in [0, 0.1) is 33.6 Å². The van der Waals surface area contributed by atoms with Crippen LogP contribution in [-0.2, 0) is 11.2 Å². The Morgan fingerprint density at radius 2 is 1.71 bits per heavy atom. The fourth-order valence-electron chi connectivity index (χ4n) is 6.17. The van der Waals surface area contributed by atoms with Crippen molar-refractivity contribution in [1.29, 1.82) is 0 Å². The highest BCUT2D eigenvalue weighted by Crippen LogP contribution is 2.34. The van der Waals surface area contributed by atoms with Crippen LogP contribution in [0.4, 0.5) is 0 Å². The molecule has 4 heterocycles. The van der Waals surface area contributed by atoms with Crippen molar-refractivity contribution in [2.75, 3.05) is 19.6 Å². The molecule has 34 heavy (non-hydrogen) atoms. The Bertz CT molecular complexity index is 1300. The lowest BCUT2D eigenvalue weighted by molar-refractivity contribution is -0.121. The number of hydrogen-bond acceptors (Lipinski definition) is 5. The lowest BCUT2D eigenvalue weighted by Crippen LogP contribution is -2.51. The van der Waals surface area contributed by atoms with Crippen LogP contribution in [0.1, 0.15) is 66.5 Å². The Kier molecular flexibility index (Phi) is 6.28. The zero-order valence-corrected chi connectivity index (χ0v) is 20.9. The van der Waals surface area contributed by atoms with Gasteiger partial charge in [0.2, 0.25) is 5.91 Å². The second-order valence-corrected chi connectivity index (χ2v) is 10.3. The van der Waals surface area contributed by atoms with Gasteiger partial charge >= 0.3 is 5.63 Å². The Hall–Kier alpha value is -2.60. The van der Waals surface area contributed by atoms with E-state index in [2.05, 4.69) is 16.3 Å². The van der Waals surface area contributed by atoms with Crippen molar-refractivity contribution in [2.24, 2.45) is 5.92 Å². The minimum absolute atomic E-state index is 0.0137. The van der Waals surface area contributed by atoms with Gasteiger partial charge in [-0.25, -0.2) is 4.79 Å². The predicted octanol–water partition coefficient (Wildman–Crippen LogP) is 5.09. The van der Waals surface area contributed by atoms with E-state index in [1.54, 1.807) is 0 Å². The topological polar surface area (TPSA) is 75.7 Å². The normalized spacial score (nSPS) is 21.2. The third-order valence-electron chi connectivity index (χ3n) is 8.34. The molecule has 0 spiro atoms. The second kappa shape index (κ2) is 9.21. The summed E-state index contributed by atoms with van der Waals surface area (Å²) < 4.78 is 11.7. The first-order valence-corrected chi connectivity index (χ1v) is 12.8. The number of amides is 1. The third kappa shape index (κ3) is 4.06. The lowest BCUT2D eigenvalue weighted by Gasteiger charge is -2.44. The maximum absolute atomic E-state index is 12.9. The maximum Gasteiger partial charge on any atom is 0.339 e. The summed E-state index contributed by atoms with van der Waals surface area (Å²) >= 11 is 0. The Morgan fingerprint density at radius 3 is 2.53 bits per heavy atom. The smallest absolute Gasteiger partial charge is 0.339 e. The summed E-state index contributed by atoms with van der Waals surface area (Å²) in [5, 5.41) is 5.13. The molecule has 6 nitrogen and oxygen atoms in total. The average Bonchev–Trinajstić information content (AvgIpc) is 3.12. The van der Waals surface area contributed by atoms with Gasteiger partial charge in [-0.1, -0.05) is 6.42 Å². The number of piperidine rings is 2. The molecule has 2 aliphatic rings. The van der Waals surface area contributed by atoms with E-state index in [9.17, 15) is 9.59 Å². The minimum Gasteiger partial charge on any atom is -0.461 e. The number of aryl methyl sites for hydroxylation is 4. The molecule has 182 valence electrons. The van der Waals surface area contributed by atoms with Crippen LogP contribution in [0.25, 0.3) is 21.9 Å². The van der Waals surface area contributed by atoms with Crippen molar-refractivity contribution in [3.05, 3.63) is 44.5 Å². The molecular formula is C28H36N2O4. The standard InChI is InChI=1S/C28H36N2O4/c1-16-19(4)33-26-18(3)27-23(14-22(16)26)17(2)21(28(32)34-27)10-11-25(31)29-15-20-8-7-13-30-12-6-5-9-24(20)30/h14,20,24H,5-13,15H2,1-4H3,(H,29,31)/t20-,24+/m1/s1. The van der Waals surface area contributed by atoms with Crippen molar-refractivity contribution in [2.45, 2.75) is 78.7 Å². The van der Waals surface area contributed by atoms with Gasteiger partial charge in [-0.15, -0.1) is 0 Å². The van der Waals surface area contributed by atoms with Gasteiger partial charge in [-0.05, 0) is 96.0 Å². The molecular weight excluding hydrogens is 428 g/mol. The number of carbonyl (C=O) groups excluding carboxylic acids is 1. The van der Waals surface area contributed by atoms with Crippen LogP contribution >= 0.6 is 0 Å². The first kappa shape index (κ1) is 23.2. The highest BCUT2D eigenvalue weighted by atomic mass is 16.4. The van der Waals surface area contributed by atoms with E-state index >= 15 is 0 Å². The largest absolute Gasteiger partial charge is 0.461 e. The van der Waals surface area contributed by atoms with E-state index in [0.717, 1.165) is 45.4 Å². The Morgan fingerprint density at radius 1 is 0.971 bits per heavy atom. The Balaban J connectivity index is 1.30. The number of fused-ring (bicyclic) bond motifs is 3. The average molecular weight is 465 g/mol. The van der Waals surface area contributed by atoms with Crippen LogP contribution in [0.2, 0.25) is 0 Å². The highest BCUT2D eigenvalue weighted by Gasteiger charge is 2.33. The summed E-state index contributed by atoms with van der Waals surface area (Å²) in [5.74, 6) is 1.43. The molecule has 5 rings (SSSR count). The molecule has 2 fully saturated rings. The number of benzene rings is 1. The number of carbonyl (C=O) groups is 1. The highest BCUT2D eigenvalue weighted by molar-refractivity contribution is 6.00. The van der Waals surface area contributed by atoms with Crippen molar-refractivity contribution >= 4 is 27.8 Å². The molecule has 0 bridgehead atoms. The summed E-state index contributed by atoms with van der Waals surface area (Å²) in [4.78, 5) is 28.2. The van der Waals surface area contributed by atoms with Gasteiger partial charge in [0.1, 0.15) is 16.9 Å². The van der Waals surface area contributed by atoms with E-state index in [-0.39, 0.29) is 11.5 Å². The zero-order valence-electron chi connectivity index (χ0n) is 20.9. The third-order valence-corrected chi connectivity index (χ3v) is 8.34. The van der Waals surface area contributed by atoms with Crippen LogP contribution in [0.5, 0.6) is 0 Å². The molecule has 0 aliphatic carbocycles. The first-order chi connectivity index (χ1) is 16.3. The van der Waals surface area contributed by atoms with Crippen LogP contribution in [-0.4, -0.2) is 36.5 Å². The molecule has 3 aromatic rings. The number of hydrogen-bond donors (Lipinski definition) is 1. The molecule has 6 heteroatoms. The monoisotopic (exact) mass is 464 g/mol. The van der Waals surface area contributed by atoms with Gasteiger partial charge in [-0.2, -0.15) is 0 Å². The van der Waals surface area contributed by atoms with Gasteiger partial charge < -0.3 is 19.1 Å². The molecule has 1 aromatic carbocycles. The number of furan rings is 1. The molecule has 2 saturated heterocycles. The SMILES string of the molecule is Cc1oc2c(C)c3oc(=O)c(CCC(=O)NC[C@H]4CCCN5CCCC[C@@H]45)c(C)c3cc2c1C. The van der Waals surface area contributed by atoms with Gasteiger partial charge in [0.05, 0.1) is 0 Å². The van der Waals surface area contributed by atoms with Crippen molar-refractivity contribution in [3.8, 4) is 0 Å². The molecule has 1 N–H and O–H groups in total. The molecule has 2 atom stereocenters. The van der Waals surface area contributed by atoms with Crippen LogP contribution in [0.15, 0.2) is 19.7 Å². The van der Waals surface area contributed by atoms with Crippen molar-refractivity contribution in [3.63, 3.8) is 0 Å². The number of rotatable bonds is 5. The molecule has 0 unspecified atom stereocenters. The van der Waals surface area contributed by atoms with Gasteiger partial charge in [-0.3, -0.25) is 4.79 Å². The van der Waals surface area contributed by atoms with E-state index < -0.39 is 0 Å². The minimum atomic E-state index is -0.356. The summed E-state index contributed by atoms with van der Waals surface area (Å²) in [6.07, 6.45) is 6.94. The summed E-state index contributed by atoms with van der Waals surface area (Å²) in [7, 11) is 0. The van der Waals surface area contributed by atoms with E-state index in [1.807, 2.05) is 27.7 Å². The van der Waals surface area contributed by atoms with E-state index in [1.165, 1.54) is 45.2 Å². The molecule has 2 aromatic heterocycles. The van der Waals surface area contributed by atoms with E-state index in [0.29, 0.717) is 35.9 Å². The summed E-state index contributed by atoms with van der Waals surface area (Å²) in [6.45, 7) is 11.0. The predicted molar refractivity (Wildman–Crippen MR) is 134 cm³/mol. The number of nitrogens with one attached hydrogen (secondary N) is 1. The first-order valence-electron chi connectivity index (χ1n) is 12.8. The maximum atomic E-state index is 12.9. The van der Waals surface area contributed by atoms with E-state index in [4.69, 9.17) is 8.83 Å². The lowest BCUT2D eigenvalue weighted by atomic mass is 9.83. The van der Waals surface area contributed by atoms with Crippen LogP contribution in [0.3, 0.4) is 0 Å². The van der Waals surface area contributed by atoms with Gasteiger partial charge in [0.25, 0.3) is 0 Å². The van der Waals surface area contributed by atoms with Gasteiger partial charge in [0.15, 0.2) is 0 Å². The quantitative estimate of drug-likeness (QED) is 0.533.